The van der Waals surface area contributed by atoms with E-state index in [0.717, 1.165) is 89.9 Å². The largest absolute Gasteiger partial charge is 0.394 e. The molecular formula is C69H121NO18. The van der Waals surface area contributed by atoms with Gasteiger partial charge in [-0.05, 0) is 64.2 Å². The van der Waals surface area contributed by atoms with E-state index in [1.165, 1.54) is 103 Å². The molecule has 17 unspecified atom stereocenters. The maximum atomic E-state index is 13.4. The highest BCUT2D eigenvalue weighted by Crippen LogP contribution is 2.33. The number of rotatable bonds is 51. The second-order valence-corrected chi connectivity index (χ2v) is 24.3. The number of nitrogens with one attached hydrogen (secondary N) is 1. The Hall–Kier alpha value is -2.77. The Morgan fingerprint density at radius 1 is 0.420 bits per heavy atom. The van der Waals surface area contributed by atoms with Crippen molar-refractivity contribution in [1.82, 2.24) is 5.32 Å². The van der Waals surface area contributed by atoms with Crippen LogP contribution in [0.1, 0.15) is 226 Å². The Kier molecular flexibility index (Phi) is 45.8. The van der Waals surface area contributed by atoms with Gasteiger partial charge in [-0.1, -0.05) is 228 Å². The standard InChI is InChI=1S/C69H121NO18/c1-3-5-7-9-11-13-15-16-17-18-19-20-21-22-23-24-25-26-27-28-29-30-31-32-33-34-35-36-37-39-41-43-45-47-57(75)70-52(53(74)46-44-42-40-38-14-12-10-8-6-4-2)51-83-67-63(81)60(78)65(55(49-72)85-67)88-69-64(82)61(79)66(56(50-73)86-69)87-68-62(80)59(77)58(76)54(48-71)84-68/h5,7,11,13,16-17,19-20,22-23,25-26,52-56,58-69,71-74,76-82H,3-4,6,8-10,12,14-15,18,21,24,27-51H2,1-2H3,(H,70,75)/b7-5-,13-11-,17-16-,20-19-,23-22-,26-25-. The number of amides is 1. The molecular weight excluding hydrogens is 1130 g/mol. The number of aliphatic hydroxyl groups is 11. The first-order chi connectivity index (χ1) is 42.8. The summed E-state index contributed by atoms with van der Waals surface area (Å²) in [6.07, 6.45) is 35.8. The summed E-state index contributed by atoms with van der Waals surface area (Å²) in [5, 5.41) is 120. The zero-order valence-corrected chi connectivity index (χ0v) is 53.7. The SMILES string of the molecule is CC/C=C\C/C=C\C/C=C\C/C=C\C/C=C\C/C=C\CCCCCCCCCCCCCCCCC(=O)NC(COC1OC(CO)C(OC2OC(CO)C(OC3OC(CO)C(O)C(O)C3O)C(O)C2O)C(O)C1O)C(O)CCCCCCCCCCCC. The van der Waals surface area contributed by atoms with Gasteiger partial charge in [-0.15, -0.1) is 0 Å². The van der Waals surface area contributed by atoms with Crippen molar-refractivity contribution >= 4 is 5.91 Å². The molecule has 3 aliphatic heterocycles. The minimum Gasteiger partial charge on any atom is -0.394 e. The van der Waals surface area contributed by atoms with E-state index in [0.29, 0.717) is 12.8 Å². The molecule has 0 radical (unpaired) electrons. The van der Waals surface area contributed by atoms with Gasteiger partial charge in [-0.25, -0.2) is 0 Å². The minimum atomic E-state index is -1.97. The molecule has 510 valence electrons. The smallest absolute Gasteiger partial charge is 0.220 e. The van der Waals surface area contributed by atoms with E-state index >= 15 is 0 Å². The number of allylic oxidation sites excluding steroid dienone is 12. The molecule has 88 heavy (non-hydrogen) atoms. The number of hydrogen-bond donors (Lipinski definition) is 12. The van der Waals surface area contributed by atoms with Gasteiger partial charge in [0.15, 0.2) is 18.9 Å². The van der Waals surface area contributed by atoms with Gasteiger partial charge >= 0.3 is 0 Å². The van der Waals surface area contributed by atoms with Crippen LogP contribution < -0.4 is 5.32 Å². The quantitative estimate of drug-likeness (QED) is 0.0200. The normalized spacial score (nSPS) is 28.9. The van der Waals surface area contributed by atoms with Crippen LogP contribution in [-0.4, -0.2) is 193 Å². The number of ether oxygens (including phenoxy) is 6. The molecule has 3 aliphatic rings. The van der Waals surface area contributed by atoms with Crippen molar-refractivity contribution in [2.24, 2.45) is 0 Å². The van der Waals surface area contributed by atoms with Gasteiger partial charge in [0.1, 0.15) is 73.2 Å². The summed E-state index contributed by atoms with van der Waals surface area (Å²) in [4.78, 5) is 13.4. The van der Waals surface area contributed by atoms with Gasteiger partial charge in [-0.3, -0.25) is 4.79 Å². The lowest BCUT2D eigenvalue weighted by atomic mass is 9.96. The fourth-order valence-corrected chi connectivity index (χ4v) is 11.3. The Balaban J connectivity index is 1.34. The number of aliphatic hydroxyl groups excluding tert-OH is 11. The summed E-state index contributed by atoms with van der Waals surface area (Å²) in [5.74, 6) is -0.248. The van der Waals surface area contributed by atoms with Gasteiger partial charge < -0.3 is 89.9 Å². The number of carbonyl (C=O) groups is 1. The third-order valence-corrected chi connectivity index (χ3v) is 16.8. The van der Waals surface area contributed by atoms with Crippen molar-refractivity contribution < 1.29 is 89.4 Å². The Morgan fingerprint density at radius 3 is 1.23 bits per heavy atom. The Labute approximate surface area is 528 Å². The number of hydrogen-bond acceptors (Lipinski definition) is 18. The number of unbranched alkanes of at least 4 members (excludes halogenated alkanes) is 23. The lowest BCUT2D eigenvalue weighted by Gasteiger charge is -2.48. The summed E-state index contributed by atoms with van der Waals surface area (Å²) in [6.45, 7) is 1.65. The Bertz CT molecular complexity index is 1880. The molecule has 3 fully saturated rings. The lowest BCUT2D eigenvalue weighted by molar-refractivity contribution is -0.379. The molecule has 3 heterocycles. The highest BCUT2D eigenvalue weighted by atomic mass is 16.8. The van der Waals surface area contributed by atoms with E-state index < -0.39 is 124 Å². The summed E-state index contributed by atoms with van der Waals surface area (Å²) >= 11 is 0. The summed E-state index contributed by atoms with van der Waals surface area (Å²) in [5.41, 5.74) is 0. The first-order valence-electron chi connectivity index (χ1n) is 34.2. The summed E-state index contributed by atoms with van der Waals surface area (Å²) in [7, 11) is 0. The molecule has 3 rings (SSSR count). The van der Waals surface area contributed by atoms with Crippen molar-refractivity contribution in [3.05, 3.63) is 72.9 Å². The fourth-order valence-electron chi connectivity index (χ4n) is 11.3. The summed E-state index contributed by atoms with van der Waals surface area (Å²) in [6, 6.07) is -0.889. The van der Waals surface area contributed by atoms with E-state index in [-0.39, 0.29) is 18.9 Å². The van der Waals surface area contributed by atoms with E-state index in [2.05, 4.69) is 92.1 Å². The zero-order chi connectivity index (χ0) is 64.0. The van der Waals surface area contributed by atoms with Crippen LogP contribution in [0.2, 0.25) is 0 Å². The maximum Gasteiger partial charge on any atom is 0.220 e. The lowest BCUT2D eigenvalue weighted by Crippen LogP contribution is -2.66. The fraction of sp³-hybridized carbons (Fsp3) is 0.812. The molecule has 3 saturated heterocycles. The molecule has 0 saturated carbocycles. The molecule has 12 N–H and O–H groups in total. The molecule has 19 heteroatoms. The first kappa shape index (κ1) is 79.5. The van der Waals surface area contributed by atoms with Gasteiger partial charge in [0.25, 0.3) is 0 Å². The van der Waals surface area contributed by atoms with E-state index in [4.69, 9.17) is 28.4 Å². The van der Waals surface area contributed by atoms with Crippen LogP contribution >= 0.6 is 0 Å². The van der Waals surface area contributed by atoms with E-state index in [1.54, 1.807) is 0 Å². The highest BCUT2D eigenvalue weighted by Gasteiger charge is 2.53. The van der Waals surface area contributed by atoms with Crippen LogP contribution in [0.25, 0.3) is 0 Å². The van der Waals surface area contributed by atoms with Gasteiger partial charge in [-0.2, -0.15) is 0 Å². The molecule has 17 atom stereocenters. The van der Waals surface area contributed by atoms with Gasteiger partial charge in [0.2, 0.25) is 5.91 Å². The third-order valence-electron chi connectivity index (χ3n) is 16.8. The van der Waals surface area contributed by atoms with E-state index in [1.807, 2.05) is 0 Å². The zero-order valence-electron chi connectivity index (χ0n) is 53.7. The predicted octanol–water partition coefficient (Wildman–Crippen LogP) is 8.55. The van der Waals surface area contributed by atoms with Crippen molar-refractivity contribution in [1.29, 1.82) is 0 Å². The van der Waals surface area contributed by atoms with Crippen LogP contribution in [0.15, 0.2) is 72.9 Å². The Morgan fingerprint density at radius 2 is 0.784 bits per heavy atom. The summed E-state index contributed by atoms with van der Waals surface area (Å²) < 4.78 is 34.3. The van der Waals surface area contributed by atoms with Crippen molar-refractivity contribution in [3.8, 4) is 0 Å². The van der Waals surface area contributed by atoms with Gasteiger partial charge in [0.05, 0.1) is 38.6 Å². The molecule has 0 aliphatic carbocycles. The van der Waals surface area contributed by atoms with Crippen LogP contribution in [0, 0.1) is 0 Å². The average Bonchev–Trinajstić information content (AvgIpc) is 1.83. The first-order valence-corrected chi connectivity index (χ1v) is 34.2. The van der Waals surface area contributed by atoms with Crippen LogP contribution in [-0.2, 0) is 33.2 Å². The number of carbonyl (C=O) groups excluding carboxylic acids is 1. The van der Waals surface area contributed by atoms with Crippen molar-refractivity contribution in [3.63, 3.8) is 0 Å². The van der Waals surface area contributed by atoms with Crippen molar-refractivity contribution in [2.45, 2.75) is 330 Å². The highest BCUT2D eigenvalue weighted by molar-refractivity contribution is 5.76. The third kappa shape index (κ3) is 32.7. The maximum absolute atomic E-state index is 13.4. The molecule has 19 nitrogen and oxygen atoms in total. The molecule has 1 amide bonds. The molecule has 0 aromatic carbocycles. The van der Waals surface area contributed by atoms with Crippen LogP contribution in [0.5, 0.6) is 0 Å². The van der Waals surface area contributed by atoms with Crippen LogP contribution in [0.4, 0.5) is 0 Å². The molecule has 0 bridgehead atoms. The average molecular weight is 1250 g/mol. The monoisotopic (exact) mass is 1250 g/mol. The van der Waals surface area contributed by atoms with Crippen LogP contribution in [0.3, 0.4) is 0 Å². The topological polar surface area (TPSA) is 307 Å². The van der Waals surface area contributed by atoms with E-state index in [9.17, 15) is 61.0 Å². The predicted molar refractivity (Wildman–Crippen MR) is 341 cm³/mol. The van der Waals surface area contributed by atoms with Gasteiger partial charge in [0, 0.05) is 6.42 Å². The van der Waals surface area contributed by atoms with Crippen molar-refractivity contribution in [2.75, 3.05) is 26.4 Å². The molecule has 0 aromatic heterocycles. The minimum absolute atomic E-state index is 0.248. The second-order valence-electron chi connectivity index (χ2n) is 24.3. The molecule has 0 aromatic rings. The molecule has 0 spiro atoms. The second kappa shape index (κ2) is 50.7.